The van der Waals surface area contributed by atoms with Crippen LogP contribution in [0.1, 0.15) is 11.1 Å². The lowest BCUT2D eigenvalue weighted by atomic mass is 10.1. The number of halogens is 1. The van der Waals surface area contributed by atoms with Gasteiger partial charge in [-0.3, -0.25) is 14.9 Å². The quantitative estimate of drug-likeness (QED) is 0.340. The van der Waals surface area contributed by atoms with E-state index < -0.39 is 39.4 Å². The van der Waals surface area contributed by atoms with E-state index in [0.717, 1.165) is 17.7 Å². The summed E-state index contributed by atoms with van der Waals surface area (Å²) in [5.74, 6) is -2.88. The third kappa shape index (κ3) is 4.57. The van der Waals surface area contributed by atoms with Crippen LogP contribution in [0.25, 0.3) is 6.08 Å². The summed E-state index contributed by atoms with van der Waals surface area (Å²) in [6.45, 7) is 1.82. The Morgan fingerprint density at radius 1 is 0.941 bits per heavy atom. The minimum atomic E-state index is -4.12. The first-order valence-electron chi connectivity index (χ1n) is 9.93. The van der Waals surface area contributed by atoms with Crippen LogP contribution >= 0.6 is 0 Å². The number of nitrogens with one attached hydrogen (secondary N) is 1. The number of anilines is 1. The summed E-state index contributed by atoms with van der Waals surface area (Å²) < 4.78 is 44.5. The van der Waals surface area contributed by atoms with Gasteiger partial charge in [-0.2, -0.15) is 8.42 Å². The van der Waals surface area contributed by atoms with E-state index in [1.807, 2.05) is 12.2 Å². The number of hydrogen-bond acceptors (Lipinski definition) is 6. The largest absolute Gasteiger partial charge is 0.379 e. The maximum atomic E-state index is 14.2. The normalized spacial score (nSPS) is 15.4. The SMILES string of the molecule is Cc1ccc(S(=O)(=O)Oc2cccc(/C=C3\C(=O)NC(=O)N(c4ccccc4F)C3=O)c2)cc1. The molecule has 1 fully saturated rings. The Labute approximate surface area is 194 Å². The van der Waals surface area contributed by atoms with Crippen molar-refractivity contribution < 1.29 is 31.4 Å². The molecule has 0 spiro atoms. The zero-order valence-corrected chi connectivity index (χ0v) is 18.5. The van der Waals surface area contributed by atoms with E-state index >= 15 is 0 Å². The molecule has 0 unspecified atom stereocenters. The number of urea groups is 1. The van der Waals surface area contributed by atoms with E-state index in [2.05, 4.69) is 0 Å². The van der Waals surface area contributed by atoms with E-state index in [9.17, 15) is 27.2 Å². The maximum absolute atomic E-state index is 14.2. The highest BCUT2D eigenvalue weighted by Gasteiger charge is 2.37. The van der Waals surface area contributed by atoms with Gasteiger partial charge in [-0.15, -0.1) is 0 Å². The van der Waals surface area contributed by atoms with Crippen LogP contribution in [0.5, 0.6) is 5.75 Å². The van der Waals surface area contributed by atoms with Crippen molar-refractivity contribution in [3.63, 3.8) is 0 Å². The third-order valence-electron chi connectivity index (χ3n) is 4.88. The van der Waals surface area contributed by atoms with E-state index in [0.29, 0.717) is 4.90 Å². The molecule has 0 atom stereocenters. The number of aryl methyl sites for hydroxylation is 1. The summed E-state index contributed by atoms with van der Waals surface area (Å²) in [6, 6.07) is 15.8. The summed E-state index contributed by atoms with van der Waals surface area (Å²) in [6.07, 6.45) is 1.16. The fourth-order valence-corrected chi connectivity index (χ4v) is 4.13. The van der Waals surface area contributed by atoms with Gasteiger partial charge in [-0.1, -0.05) is 42.0 Å². The Hall–Kier alpha value is -4.31. The number of imide groups is 2. The molecular formula is C24H17FN2O6S. The van der Waals surface area contributed by atoms with Crippen molar-refractivity contribution in [2.45, 2.75) is 11.8 Å². The molecule has 4 rings (SSSR count). The molecule has 8 nitrogen and oxygen atoms in total. The van der Waals surface area contributed by atoms with Crippen molar-refractivity contribution in [2.24, 2.45) is 0 Å². The Morgan fingerprint density at radius 2 is 1.65 bits per heavy atom. The van der Waals surface area contributed by atoms with Gasteiger partial charge in [0.25, 0.3) is 11.8 Å². The topological polar surface area (TPSA) is 110 Å². The first kappa shape index (κ1) is 22.9. The average Bonchev–Trinajstić information content (AvgIpc) is 2.78. The van der Waals surface area contributed by atoms with E-state index in [1.165, 1.54) is 54.6 Å². The molecule has 1 heterocycles. The van der Waals surface area contributed by atoms with Crippen LogP contribution in [0.4, 0.5) is 14.9 Å². The third-order valence-corrected chi connectivity index (χ3v) is 6.14. The molecule has 34 heavy (non-hydrogen) atoms. The fraction of sp³-hybridized carbons (Fsp3) is 0.0417. The Morgan fingerprint density at radius 3 is 2.35 bits per heavy atom. The lowest BCUT2D eigenvalue weighted by Crippen LogP contribution is -2.54. The van der Waals surface area contributed by atoms with Gasteiger partial charge < -0.3 is 4.18 Å². The molecule has 1 saturated heterocycles. The summed E-state index contributed by atoms with van der Waals surface area (Å²) >= 11 is 0. The van der Waals surface area contributed by atoms with Crippen LogP contribution in [0, 0.1) is 12.7 Å². The number of hydrogen-bond donors (Lipinski definition) is 1. The zero-order chi connectivity index (χ0) is 24.5. The van der Waals surface area contributed by atoms with E-state index in [-0.39, 0.29) is 21.9 Å². The monoisotopic (exact) mass is 480 g/mol. The minimum absolute atomic E-state index is 0.0391. The lowest BCUT2D eigenvalue weighted by Gasteiger charge is -2.26. The van der Waals surface area contributed by atoms with Crippen LogP contribution in [0.2, 0.25) is 0 Å². The molecule has 3 aromatic rings. The second-order valence-corrected chi connectivity index (χ2v) is 8.88. The average molecular weight is 480 g/mol. The van der Waals surface area contributed by atoms with Crippen LogP contribution in [-0.4, -0.2) is 26.3 Å². The van der Waals surface area contributed by atoms with Crippen molar-refractivity contribution in [3.05, 3.63) is 95.3 Å². The minimum Gasteiger partial charge on any atom is -0.379 e. The van der Waals surface area contributed by atoms with Gasteiger partial charge >= 0.3 is 16.1 Å². The maximum Gasteiger partial charge on any atom is 0.339 e. The number of rotatable bonds is 5. The van der Waals surface area contributed by atoms with Gasteiger partial charge in [0.2, 0.25) is 0 Å². The number of para-hydroxylation sites is 1. The smallest absolute Gasteiger partial charge is 0.339 e. The van der Waals surface area contributed by atoms with Gasteiger partial charge in [0.15, 0.2) is 0 Å². The Balaban J connectivity index is 1.65. The molecule has 1 N–H and O–H groups in total. The lowest BCUT2D eigenvalue weighted by molar-refractivity contribution is -0.122. The summed E-state index contributed by atoms with van der Waals surface area (Å²) in [7, 11) is -4.12. The first-order valence-corrected chi connectivity index (χ1v) is 11.3. The highest BCUT2D eigenvalue weighted by atomic mass is 32.2. The standard InChI is InChI=1S/C24H17FN2O6S/c1-15-9-11-18(12-10-15)34(31,32)33-17-6-4-5-16(13-17)14-19-22(28)26-24(30)27(23(19)29)21-8-3-2-7-20(21)25/h2-14H,1H3,(H,26,28,30)/b19-14+. The number of amides is 4. The number of barbiturate groups is 1. The highest BCUT2D eigenvalue weighted by molar-refractivity contribution is 7.87. The van der Waals surface area contributed by atoms with Gasteiger partial charge in [0, 0.05) is 0 Å². The Kier molecular flexibility index (Phi) is 5.99. The second kappa shape index (κ2) is 8.91. The summed E-state index contributed by atoms with van der Waals surface area (Å²) in [5.41, 5.74) is 0.370. The van der Waals surface area contributed by atoms with Crippen molar-refractivity contribution in [3.8, 4) is 5.75 Å². The molecule has 0 radical (unpaired) electrons. The van der Waals surface area contributed by atoms with Crippen LogP contribution < -0.4 is 14.4 Å². The predicted molar refractivity (Wildman–Crippen MR) is 121 cm³/mol. The van der Waals surface area contributed by atoms with Crippen molar-refractivity contribution in [1.82, 2.24) is 5.32 Å². The molecule has 3 aromatic carbocycles. The van der Waals surface area contributed by atoms with Gasteiger partial charge in [-0.05, 0) is 55.0 Å². The molecule has 4 amide bonds. The van der Waals surface area contributed by atoms with Crippen molar-refractivity contribution in [2.75, 3.05) is 4.90 Å². The number of carbonyl (C=O) groups is 3. The first-order chi connectivity index (χ1) is 16.2. The molecule has 0 aliphatic carbocycles. The fourth-order valence-electron chi connectivity index (χ4n) is 3.21. The van der Waals surface area contributed by atoms with Crippen LogP contribution in [0.3, 0.4) is 0 Å². The highest BCUT2D eigenvalue weighted by Crippen LogP contribution is 2.26. The van der Waals surface area contributed by atoms with Gasteiger partial charge in [0.1, 0.15) is 22.0 Å². The molecule has 0 bridgehead atoms. The molecule has 172 valence electrons. The molecule has 0 saturated carbocycles. The number of benzene rings is 3. The Bertz CT molecular complexity index is 1450. The number of carbonyl (C=O) groups excluding carboxylic acids is 3. The van der Waals surface area contributed by atoms with Crippen molar-refractivity contribution >= 4 is 39.7 Å². The summed E-state index contributed by atoms with van der Waals surface area (Å²) in [5, 5.41) is 2.00. The van der Waals surface area contributed by atoms with Crippen LogP contribution in [-0.2, 0) is 19.7 Å². The molecule has 10 heteroatoms. The molecule has 1 aliphatic heterocycles. The van der Waals surface area contributed by atoms with Gasteiger partial charge in [-0.25, -0.2) is 14.1 Å². The summed E-state index contributed by atoms with van der Waals surface area (Å²) in [4.78, 5) is 38.0. The van der Waals surface area contributed by atoms with E-state index in [4.69, 9.17) is 4.18 Å². The van der Waals surface area contributed by atoms with Gasteiger partial charge in [0.05, 0.1) is 5.69 Å². The second-order valence-electron chi connectivity index (χ2n) is 7.33. The predicted octanol–water partition coefficient (Wildman–Crippen LogP) is 3.57. The number of nitrogens with zero attached hydrogens (tertiary/aromatic N) is 1. The molecule has 1 aliphatic rings. The molecular weight excluding hydrogens is 463 g/mol. The zero-order valence-electron chi connectivity index (χ0n) is 17.7. The molecule has 0 aromatic heterocycles. The van der Waals surface area contributed by atoms with Crippen molar-refractivity contribution in [1.29, 1.82) is 0 Å². The van der Waals surface area contributed by atoms with Crippen LogP contribution in [0.15, 0.2) is 83.3 Å². The van der Waals surface area contributed by atoms with E-state index in [1.54, 1.807) is 12.1 Å².